The maximum absolute atomic E-state index is 10.00. The number of phenols is 1. The number of aromatic hydroxyl groups is 1. The van der Waals surface area contributed by atoms with Crippen LogP contribution in [0.3, 0.4) is 0 Å². The van der Waals surface area contributed by atoms with Crippen molar-refractivity contribution in [2.24, 2.45) is 10.2 Å². The molecule has 2 rings (SSSR count). The van der Waals surface area contributed by atoms with E-state index in [0.29, 0.717) is 5.69 Å². The zero-order valence-electron chi connectivity index (χ0n) is 10.6. The molecule has 1 N–H and O–H groups in total. The molecule has 1 aromatic rings. The molecule has 0 unspecified atom stereocenters. The minimum Gasteiger partial charge on any atom is -0.505 e. The molecule has 1 aromatic carbocycles. The number of hydrogen-bond acceptors (Lipinski definition) is 4. The summed E-state index contributed by atoms with van der Waals surface area (Å²) in [5.41, 5.74) is 2.17. The monoisotopic (exact) mass is 296 g/mol. The van der Waals surface area contributed by atoms with Crippen LogP contribution in [0.25, 0.3) is 0 Å². The number of rotatable bonds is 3. The third-order valence-corrected chi connectivity index (χ3v) is 2.65. The quantitative estimate of drug-likeness (QED) is 0.529. The number of benzene rings is 1. The Morgan fingerprint density at radius 1 is 1.32 bits per heavy atom. The molecule has 4 nitrogen and oxygen atoms in total. The summed E-state index contributed by atoms with van der Waals surface area (Å²) >= 11 is 0. The van der Waals surface area contributed by atoms with Crippen molar-refractivity contribution in [2.75, 3.05) is 5.12 Å². The van der Waals surface area contributed by atoms with Crippen molar-refractivity contribution >= 4 is 18.1 Å². The number of para-hydroxylation sites is 1. The summed E-state index contributed by atoms with van der Waals surface area (Å²) in [6, 6.07) is 5.43. The van der Waals surface area contributed by atoms with Gasteiger partial charge in [-0.15, -0.1) is 5.12 Å². The van der Waals surface area contributed by atoms with Crippen LogP contribution in [0.15, 0.2) is 52.7 Å². The summed E-state index contributed by atoms with van der Waals surface area (Å²) in [6.07, 6.45) is 8.55. The van der Waals surface area contributed by atoms with Crippen molar-refractivity contribution < 1.29 is 22.2 Å². The summed E-state index contributed by atoms with van der Waals surface area (Å²) in [6.45, 7) is 5.32. The molecule has 0 aromatic heterocycles. The van der Waals surface area contributed by atoms with Crippen LogP contribution in [0, 0.1) is 6.92 Å². The maximum Gasteiger partial charge on any atom is 0.145 e. The molecule has 0 atom stereocenters. The Hall–Kier alpha value is -1.84. The van der Waals surface area contributed by atoms with Crippen molar-refractivity contribution in [3.05, 3.63) is 48.1 Å². The van der Waals surface area contributed by atoms with Crippen molar-refractivity contribution in [1.29, 1.82) is 0 Å². The van der Waals surface area contributed by atoms with Crippen molar-refractivity contribution in [1.82, 2.24) is 0 Å². The van der Waals surface area contributed by atoms with Crippen LogP contribution >= 0.6 is 0 Å². The Morgan fingerprint density at radius 3 is 2.74 bits per heavy atom. The topological polar surface area (TPSA) is 48.2 Å². The van der Waals surface area contributed by atoms with Crippen LogP contribution in [0.2, 0.25) is 0 Å². The Bertz CT molecular complexity index is 550. The maximum atomic E-state index is 10.00. The normalized spacial score (nSPS) is 15.1. The third kappa shape index (κ3) is 3.56. The fourth-order valence-corrected chi connectivity index (χ4v) is 1.66. The summed E-state index contributed by atoms with van der Waals surface area (Å²) in [5, 5.41) is 19.5. The van der Waals surface area contributed by atoms with E-state index in [9.17, 15) is 5.11 Å². The van der Waals surface area contributed by atoms with Crippen LogP contribution in [0.4, 0.5) is 5.69 Å². The second kappa shape index (κ2) is 6.92. The molecule has 0 heterocycles. The van der Waals surface area contributed by atoms with Gasteiger partial charge < -0.3 is 5.11 Å². The molecule has 0 saturated heterocycles. The summed E-state index contributed by atoms with van der Waals surface area (Å²) in [5.74, 6) is 0.171. The van der Waals surface area contributed by atoms with Gasteiger partial charge in [-0.2, -0.15) is 10.2 Å². The van der Waals surface area contributed by atoms with Gasteiger partial charge in [0.2, 0.25) is 0 Å². The second-order valence-corrected chi connectivity index (χ2v) is 3.96. The Morgan fingerprint density at radius 2 is 2.11 bits per heavy atom. The summed E-state index contributed by atoms with van der Waals surface area (Å²) in [4.78, 5) is 0. The minimum absolute atomic E-state index is 0. The standard InChI is InChI=1S/C14H15N3O.Mn/c1-11-7-6-10-13(14(11)18)17(15-2)16-12-8-4-3-5-9-12;/h3-8,10,18H,2,9H2,1H3;/b16-12+;. The van der Waals surface area contributed by atoms with Crippen LogP contribution in [0.5, 0.6) is 5.75 Å². The molecule has 1 aliphatic carbocycles. The predicted molar refractivity (Wildman–Crippen MR) is 75.2 cm³/mol. The smallest absolute Gasteiger partial charge is 0.145 e. The Balaban J connectivity index is 0.00000180. The van der Waals surface area contributed by atoms with Gasteiger partial charge in [0.25, 0.3) is 0 Å². The van der Waals surface area contributed by atoms with E-state index in [0.717, 1.165) is 17.7 Å². The molecule has 5 heteroatoms. The largest absolute Gasteiger partial charge is 0.505 e. The van der Waals surface area contributed by atoms with Crippen molar-refractivity contribution in [3.8, 4) is 5.75 Å². The Kier molecular flexibility index (Phi) is 5.55. The first-order valence-electron chi connectivity index (χ1n) is 5.68. The molecule has 99 valence electrons. The van der Waals surface area contributed by atoms with E-state index >= 15 is 0 Å². The fraction of sp³-hybridized carbons (Fsp3) is 0.143. The fourth-order valence-electron chi connectivity index (χ4n) is 1.66. The number of phenolic OH excluding ortho intramolecular Hbond substituents is 1. The molecule has 1 aliphatic rings. The molecule has 0 amide bonds. The third-order valence-electron chi connectivity index (χ3n) is 2.65. The Labute approximate surface area is 123 Å². The number of anilines is 1. The predicted octanol–water partition coefficient (Wildman–Crippen LogP) is 2.99. The first-order valence-corrected chi connectivity index (χ1v) is 5.68. The van der Waals surface area contributed by atoms with Gasteiger partial charge in [-0.05, 0) is 24.6 Å². The number of aryl methyl sites for hydroxylation is 1. The first kappa shape index (κ1) is 15.2. The van der Waals surface area contributed by atoms with Gasteiger partial charge >= 0.3 is 0 Å². The average Bonchev–Trinajstić information content (AvgIpc) is 2.41. The molecule has 19 heavy (non-hydrogen) atoms. The summed E-state index contributed by atoms with van der Waals surface area (Å²) < 4.78 is 0. The van der Waals surface area contributed by atoms with Crippen molar-refractivity contribution in [3.63, 3.8) is 0 Å². The minimum atomic E-state index is 0. The van der Waals surface area contributed by atoms with Crippen molar-refractivity contribution in [2.45, 2.75) is 13.3 Å². The zero-order chi connectivity index (χ0) is 13.0. The molecular weight excluding hydrogens is 281 g/mol. The van der Waals surface area contributed by atoms with E-state index in [1.54, 1.807) is 6.07 Å². The molecule has 0 fully saturated rings. The average molecular weight is 296 g/mol. The van der Waals surface area contributed by atoms with E-state index in [1.807, 2.05) is 43.4 Å². The van der Waals surface area contributed by atoms with E-state index in [4.69, 9.17) is 0 Å². The molecular formula is C14H15MnN3O. The van der Waals surface area contributed by atoms with Gasteiger partial charge in [0.1, 0.15) is 11.4 Å². The van der Waals surface area contributed by atoms with Gasteiger partial charge in [-0.1, -0.05) is 30.4 Å². The van der Waals surface area contributed by atoms with Gasteiger partial charge in [0, 0.05) is 30.2 Å². The summed E-state index contributed by atoms with van der Waals surface area (Å²) in [7, 11) is 0. The van der Waals surface area contributed by atoms with E-state index < -0.39 is 0 Å². The van der Waals surface area contributed by atoms with Gasteiger partial charge in [0.05, 0.1) is 5.71 Å². The second-order valence-electron chi connectivity index (χ2n) is 3.96. The van der Waals surface area contributed by atoms with Gasteiger partial charge in [0.15, 0.2) is 0 Å². The zero-order valence-corrected chi connectivity index (χ0v) is 11.8. The van der Waals surface area contributed by atoms with Crippen LogP contribution < -0.4 is 5.12 Å². The van der Waals surface area contributed by atoms with Gasteiger partial charge in [-0.3, -0.25) is 0 Å². The van der Waals surface area contributed by atoms with Crippen LogP contribution in [-0.4, -0.2) is 17.5 Å². The number of allylic oxidation sites excluding steroid dienone is 4. The van der Waals surface area contributed by atoms with E-state index in [-0.39, 0.29) is 22.8 Å². The van der Waals surface area contributed by atoms with E-state index in [1.165, 1.54) is 5.12 Å². The van der Waals surface area contributed by atoms with Crippen LogP contribution in [0.1, 0.15) is 12.0 Å². The first-order chi connectivity index (χ1) is 8.72. The van der Waals surface area contributed by atoms with Gasteiger partial charge in [-0.25, -0.2) is 0 Å². The number of hydrogen-bond donors (Lipinski definition) is 1. The molecule has 1 radical (unpaired) electrons. The number of nitrogens with zero attached hydrogens (tertiary/aromatic N) is 3. The molecule has 0 bridgehead atoms. The molecule has 0 aliphatic heterocycles. The molecule has 0 saturated carbocycles. The number of hydrazone groups is 2. The SMILES string of the molecule is C=NN(/N=C1\C=CC=CC1)c1cccc(C)c1O.[Mn]. The molecule has 0 spiro atoms. The van der Waals surface area contributed by atoms with Crippen LogP contribution in [-0.2, 0) is 17.1 Å². The van der Waals surface area contributed by atoms with E-state index in [2.05, 4.69) is 16.9 Å².